The third-order valence-electron chi connectivity index (χ3n) is 6.17. The lowest BCUT2D eigenvalue weighted by Gasteiger charge is -2.44. The molecule has 0 aliphatic heterocycles. The third kappa shape index (κ3) is 5.54. The van der Waals surface area contributed by atoms with Crippen molar-refractivity contribution in [2.45, 2.75) is 43.2 Å². The van der Waals surface area contributed by atoms with Crippen molar-refractivity contribution in [3.05, 3.63) is 103 Å². The van der Waals surface area contributed by atoms with Gasteiger partial charge in [-0.25, -0.2) is 8.42 Å². The molecular weight excluding hydrogens is 474 g/mol. The zero-order valence-corrected chi connectivity index (χ0v) is 22.5. The average molecular weight is 508 g/mol. The molecule has 0 saturated heterocycles. The Morgan fingerprint density at radius 3 is 1.77 bits per heavy atom. The summed E-state index contributed by atoms with van der Waals surface area (Å²) in [5, 5.41) is 1.73. The second kappa shape index (κ2) is 10.4. The van der Waals surface area contributed by atoms with Gasteiger partial charge in [-0.15, -0.1) is 6.58 Å². The molecule has 0 spiro atoms. The molecule has 0 radical (unpaired) electrons. The van der Waals surface area contributed by atoms with Crippen molar-refractivity contribution in [1.29, 1.82) is 0 Å². The number of aryl methyl sites for hydroxylation is 1. The summed E-state index contributed by atoms with van der Waals surface area (Å²) in [6.45, 7) is 11.8. The highest BCUT2D eigenvalue weighted by molar-refractivity contribution is 7.89. The molecule has 0 amide bonds. The SMILES string of the molecule is C=C[C@](C=O)(CO[Si](c1ccccc1)(c1ccccc1)C(C)(C)C)NS(=O)(=O)c1ccc(C)cc1. The number of carbonyl (C=O) groups excluding carboxylic acids is 1. The largest absolute Gasteiger partial charge is 0.405 e. The van der Waals surface area contributed by atoms with Gasteiger partial charge in [0.15, 0.2) is 0 Å². The molecule has 0 bridgehead atoms. The molecule has 5 nitrogen and oxygen atoms in total. The minimum atomic E-state index is -4.01. The van der Waals surface area contributed by atoms with E-state index >= 15 is 0 Å². The highest BCUT2D eigenvalue weighted by Crippen LogP contribution is 2.37. The van der Waals surface area contributed by atoms with Gasteiger partial charge in [0.05, 0.1) is 11.5 Å². The molecule has 184 valence electrons. The smallest absolute Gasteiger partial charge is 0.261 e. The zero-order chi connectivity index (χ0) is 25.7. The first-order valence-corrected chi connectivity index (χ1v) is 14.8. The van der Waals surface area contributed by atoms with E-state index in [1.807, 2.05) is 67.6 Å². The van der Waals surface area contributed by atoms with Crippen LogP contribution in [0.4, 0.5) is 0 Å². The number of benzene rings is 3. The molecule has 0 aromatic heterocycles. The van der Waals surface area contributed by atoms with E-state index in [1.165, 1.54) is 18.2 Å². The van der Waals surface area contributed by atoms with Crippen molar-refractivity contribution in [3.63, 3.8) is 0 Å². The first-order valence-electron chi connectivity index (χ1n) is 11.5. The number of hydrogen-bond donors (Lipinski definition) is 1. The minimum absolute atomic E-state index is 0.0709. The number of rotatable bonds is 10. The molecule has 3 rings (SSSR count). The summed E-state index contributed by atoms with van der Waals surface area (Å²) < 4.78 is 35.7. The summed E-state index contributed by atoms with van der Waals surface area (Å²) in [7, 11) is -7.00. The van der Waals surface area contributed by atoms with E-state index in [1.54, 1.807) is 12.1 Å². The van der Waals surface area contributed by atoms with E-state index < -0.39 is 23.9 Å². The maximum atomic E-state index is 13.2. The molecular formula is C28H33NO4SSi. The van der Waals surface area contributed by atoms with Gasteiger partial charge in [-0.1, -0.05) is 105 Å². The summed E-state index contributed by atoms with van der Waals surface area (Å²) in [6.07, 6.45) is 1.87. The van der Waals surface area contributed by atoms with Crippen LogP contribution in [0, 0.1) is 6.92 Å². The molecule has 0 fully saturated rings. The molecule has 0 aliphatic carbocycles. The fourth-order valence-electron chi connectivity index (χ4n) is 4.25. The molecule has 0 heterocycles. The highest BCUT2D eigenvalue weighted by Gasteiger charge is 2.51. The monoisotopic (exact) mass is 507 g/mol. The Hall–Kier alpha value is -2.84. The van der Waals surface area contributed by atoms with Gasteiger partial charge in [-0.3, -0.25) is 0 Å². The molecule has 1 N–H and O–H groups in total. The van der Waals surface area contributed by atoms with Crippen LogP contribution < -0.4 is 15.1 Å². The van der Waals surface area contributed by atoms with Gasteiger partial charge in [0, 0.05) is 0 Å². The predicted molar refractivity (Wildman–Crippen MR) is 144 cm³/mol. The number of nitrogens with one attached hydrogen (secondary N) is 1. The van der Waals surface area contributed by atoms with Crippen LogP contribution in [0.25, 0.3) is 0 Å². The fraction of sp³-hybridized carbons (Fsp3) is 0.250. The van der Waals surface area contributed by atoms with E-state index in [2.05, 4.69) is 32.1 Å². The van der Waals surface area contributed by atoms with E-state index in [0.717, 1.165) is 15.9 Å². The molecule has 0 unspecified atom stereocenters. The molecule has 0 saturated carbocycles. The summed E-state index contributed by atoms with van der Waals surface area (Å²) in [5.41, 5.74) is -0.708. The van der Waals surface area contributed by atoms with Crippen LogP contribution in [0.2, 0.25) is 5.04 Å². The first-order chi connectivity index (χ1) is 16.5. The number of sulfonamides is 1. The maximum absolute atomic E-state index is 13.2. The van der Waals surface area contributed by atoms with Crippen LogP contribution in [0.5, 0.6) is 0 Å². The predicted octanol–water partition coefficient (Wildman–Crippen LogP) is 3.97. The van der Waals surface area contributed by atoms with Gasteiger partial charge in [-0.2, -0.15) is 4.72 Å². The van der Waals surface area contributed by atoms with Crippen LogP contribution in [0.3, 0.4) is 0 Å². The molecule has 3 aromatic carbocycles. The van der Waals surface area contributed by atoms with E-state index in [4.69, 9.17) is 4.43 Å². The second-order valence-electron chi connectivity index (χ2n) is 9.73. The van der Waals surface area contributed by atoms with Crippen LogP contribution in [0.1, 0.15) is 26.3 Å². The Kier molecular flexibility index (Phi) is 7.96. The summed E-state index contributed by atoms with van der Waals surface area (Å²) in [4.78, 5) is 12.5. The molecule has 7 heteroatoms. The van der Waals surface area contributed by atoms with Crippen molar-refractivity contribution in [3.8, 4) is 0 Å². The molecule has 0 aliphatic rings. The highest BCUT2D eigenvalue weighted by atomic mass is 32.2. The summed E-state index contributed by atoms with van der Waals surface area (Å²) >= 11 is 0. The molecule has 1 atom stereocenters. The number of aldehydes is 1. The average Bonchev–Trinajstić information content (AvgIpc) is 2.84. The third-order valence-corrected chi connectivity index (χ3v) is 12.7. The Bertz CT molecular complexity index is 1200. The van der Waals surface area contributed by atoms with E-state index in [0.29, 0.717) is 6.29 Å². The number of hydrogen-bond acceptors (Lipinski definition) is 4. The van der Waals surface area contributed by atoms with E-state index in [-0.39, 0.29) is 16.5 Å². The Balaban J connectivity index is 2.07. The summed E-state index contributed by atoms with van der Waals surface area (Å²) in [5.74, 6) is 0. The van der Waals surface area contributed by atoms with Crippen LogP contribution in [0.15, 0.2) is 102 Å². The van der Waals surface area contributed by atoms with Crippen molar-refractivity contribution < 1.29 is 17.6 Å². The standard InChI is InChI=1S/C28H33NO4SSi/c1-6-28(21-30,29-34(31,32)24-19-17-23(2)18-20-24)22-33-35(27(3,4)5,25-13-9-7-10-14-25)26-15-11-8-12-16-26/h6-21,29H,1,22H2,2-5H3/t28-/m0/s1. The van der Waals surface area contributed by atoms with Crippen molar-refractivity contribution in [2.24, 2.45) is 0 Å². The van der Waals surface area contributed by atoms with Gasteiger partial charge in [0.1, 0.15) is 11.8 Å². The van der Waals surface area contributed by atoms with Gasteiger partial charge in [0.25, 0.3) is 8.32 Å². The van der Waals surface area contributed by atoms with Crippen molar-refractivity contribution >= 4 is 35.0 Å². The zero-order valence-electron chi connectivity index (χ0n) is 20.7. The van der Waals surface area contributed by atoms with Crippen molar-refractivity contribution in [1.82, 2.24) is 4.72 Å². The Morgan fingerprint density at radius 1 is 0.886 bits per heavy atom. The van der Waals surface area contributed by atoms with Gasteiger partial charge < -0.3 is 9.22 Å². The summed E-state index contributed by atoms with van der Waals surface area (Å²) in [6, 6.07) is 26.4. The van der Waals surface area contributed by atoms with Crippen LogP contribution >= 0.6 is 0 Å². The van der Waals surface area contributed by atoms with Gasteiger partial charge in [-0.05, 0) is 34.5 Å². The lowest BCUT2D eigenvalue weighted by molar-refractivity contribution is -0.112. The van der Waals surface area contributed by atoms with Crippen LogP contribution in [-0.2, 0) is 19.2 Å². The normalized spacial score (nSPS) is 14.2. The Labute approximate surface area is 210 Å². The van der Waals surface area contributed by atoms with E-state index in [9.17, 15) is 13.2 Å². The van der Waals surface area contributed by atoms with Gasteiger partial charge in [0.2, 0.25) is 10.0 Å². The minimum Gasteiger partial charge on any atom is -0.405 e. The van der Waals surface area contributed by atoms with Gasteiger partial charge >= 0.3 is 0 Å². The molecule has 3 aromatic rings. The lowest BCUT2D eigenvalue weighted by Crippen LogP contribution is -2.68. The fourth-order valence-corrected chi connectivity index (χ4v) is 10.2. The second-order valence-corrected chi connectivity index (χ2v) is 15.7. The van der Waals surface area contributed by atoms with Crippen LogP contribution in [-0.4, -0.2) is 35.2 Å². The quantitative estimate of drug-likeness (QED) is 0.256. The Morgan fingerprint density at radius 2 is 1.37 bits per heavy atom. The van der Waals surface area contributed by atoms with Crippen molar-refractivity contribution in [2.75, 3.05) is 6.61 Å². The molecule has 35 heavy (non-hydrogen) atoms. The lowest BCUT2D eigenvalue weighted by atomic mass is 10.1. The maximum Gasteiger partial charge on any atom is 0.261 e. The first kappa shape index (κ1) is 26.8. The topological polar surface area (TPSA) is 72.5 Å². The number of carbonyl (C=O) groups is 1.